The highest BCUT2D eigenvalue weighted by molar-refractivity contribution is 5.16. The summed E-state index contributed by atoms with van der Waals surface area (Å²) >= 11 is 0. The molecule has 1 aliphatic rings. The number of nitrogens with zero attached hydrogens (tertiary/aromatic N) is 2. The van der Waals surface area contributed by atoms with E-state index in [0.717, 1.165) is 25.1 Å². The molecule has 1 saturated heterocycles. The third-order valence-electron chi connectivity index (χ3n) is 3.01. The topological polar surface area (TPSA) is 58.0 Å². The Hall–Kier alpha value is -1.00. The predicted octanol–water partition coefficient (Wildman–Crippen LogP) is 0.294. The van der Waals surface area contributed by atoms with Gasteiger partial charge in [-0.05, 0) is 13.0 Å². The number of nitrogens with one attached hydrogen (secondary N) is 1. The van der Waals surface area contributed by atoms with Gasteiger partial charge in [-0.3, -0.25) is 0 Å². The molecule has 76 valence electrons. The zero-order chi connectivity index (χ0) is 10.0. The summed E-state index contributed by atoms with van der Waals surface area (Å²) in [6.07, 6.45) is 5.61. The van der Waals surface area contributed by atoms with Crippen LogP contribution in [0.5, 0.6) is 0 Å². The normalized spacial score (nSPS) is 32.9. The molecule has 2 rings (SSSR count). The van der Waals surface area contributed by atoms with Gasteiger partial charge < -0.3 is 10.4 Å². The summed E-state index contributed by atoms with van der Waals surface area (Å²) < 4.78 is 0. The maximum atomic E-state index is 10.5. The van der Waals surface area contributed by atoms with Crippen molar-refractivity contribution in [1.82, 2.24) is 15.3 Å². The average molecular weight is 193 g/mol. The van der Waals surface area contributed by atoms with Crippen LogP contribution in [0.4, 0.5) is 0 Å². The number of piperidine rings is 1. The largest absolute Gasteiger partial charge is 0.385 e. The van der Waals surface area contributed by atoms with Gasteiger partial charge in [0.05, 0.1) is 5.60 Å². The first kappa shape index (κ1) is 9.55. The molecule has 0 bridgehead atoms. The number of aromatic nitrogens is 2. The van der Waals surface area contributed by atoms with Crippen molar-refractivity contribution in [1.29, 1.82) is 0 Å². The smallest absolute Gasteiger partial charge is 0.115 e. The van der Waals surface area contributed by atoms with E-state index < -0.39 is 5.60 Å². The standard InChI is InChI=1S/C10H15N3O/c1-8-4-11-3-2-10(8,14)9-5-12-7-13-6-9/h5-8,11,14H,2-4H2,1H3. The molecule has 0 saturated carbocycles. The van der Waals surface area contributed by atoms with E-state index in [9.17, 15) is 5.11 Å². The molecular formula is C10H15N3O. The molecule has 1 fully saturated rings. The Kier molecular flexibility index (Phi) is 2.48. The van der Waals surface area contributed by atoms with Gasteiger partial charge in [0.15, 0.2) is 0 Å². The van der Waals surface area contributed by atoms with Crippen LogP contribution in [0.2, 0.25) is 0 Å². The highest BCUT2D eigenvalue weighted by Crippen LogP contribution is 2.33. The molecular weight excluding hydrogens is 178 g/mol. The fraction of sp³-hybridized carbons (Fsp3) is 0.600. The molecule has 4 heteroatoms. The van der Waals surface area contributed by atoms with E-state index in [4.69, 9.17) is 0 Å². The fourth-order valence-corrected chi connectivity index (χ4v) is 1.96. The Balaban J connectivity index is 2.30. The number of aliphatic hydroxyl groups is 1. The third-order valence-corrected chi connectivity index (χ3v) is 3.01. The summed E-state index contributed by atoms with van der Waals surface area (Å²) in [4.78, 5) is 7.90. The predicted molar refractivity (Wildman–Crippen MR) is 52.6 cm³/mol. The van der Waals surface area contributed by atoms with Crippen molar-refractivity contribution < 1.29 is 5.11 Å². The first-order chi connectivity index (χ1) is 6.73. The van der Waals surface area contributed by atoms with Crippen LogP contribution in [0.3, 0.4) is 0 Å². The van der Waals surface area contributed by atoms with Gasteiger partial charge in [0.2, 0.25) is 0 Å². The Bertz CT molecular complexity index is 303. The lowest BCUT2D eigenvalue weighted by Gasteiger charge is -2.38. The van der Waals surface area contributed by atoms with Crippen molar-refractivity contribution in [2.24, 2.45) is 5.92 Å². The van der Waals surface area contributed by atoms with Crippen molar-refractivity contribution in [3.05, 3.63) is 24.3 Å². The molecule has 0 spiro atoms. The average Bonchev–Trinajstić information content (AvgIpc) is 2.24. The second-order valence-corrected chi connectivity index (χ2v) is 3.91. The van der Waals surface area contributed by atoms with Crippen LogP contribution in [-0.2, 0) is 5.60 Å². The van der Waals surface area contributed by atoms with Gasteiger partial charge in [-0.2, -0.15) is 0 Å². The lowest BCUT2D eigenvalue weighted by molar-refractivity contribution is -0.0397. The van der Waals surface area contributed by atoms with Crippen molar-refractivity contribution in [2.45, 2.75) is 18.9 Å². The zero-order valence-corrected chi connectivity index (χ0v) is 8.27. The molecule has 1 aliphatic heterocycles. The van der Waals surface area contributed by atoms with Gasteiger partial charge in [-0.25, -0.2) is 9.97 Å². The second-order valence-electron chi connectivity index (χ2n) is 3.91. The Morgan fingerprint density at radius 1 is 1.50 bits per heavy atom. The van der Waals surface area contributed by atoms with E-state index in [0.29, 0.717) is 0 Å². The van der Waals surface area contributed by atoms with Crippen molar-refractivity contribution in [2.75, 3.05) is 13.1 Å². The number of hydrogen-bond acceptors (Lipinski definition) is 4. The van der Waals surface area contributed by atoms with Crippen LogP contribution in [0.15, 0.2) is 18.7 Å². The van der Waals surface area contributed by atoms with E-state index >= 15 is 0 Å². The van der Waals surface area contributed by atoms with Gasteiger partial charge in [-0.1, -0.05) is 6.92 Å². The van der Waals surface area contributed by atoms with Gasteiger partial charge >= 0.3 is 0 Å². The lowest BCUT2D eigenvalue weighted by atomic mass is 9.79. The minimum absolute atomic E-state index is 0.197. The van der Waals surface area contributed by atoms with Crippen LogP contribution in [0, 0.1) is 5.92 Å². The molecule has 0 amide bonds. The van der Waals surface area contributed by atoms with Crippen LogP contribution in [-0.4, -0.2) is 28.2 Å². The van der Waals surface area contributed by atoms with E-state index in [1.165, 1.54) is 6.33 Å². The first-order valence-electron chi connectivity index (χ1n) is 4.92. The Morgan fingerprint density at radius 3 is 2.86 bits per heavy atom. The summed E-state index contributed by atoms with van der Waals surface area (Å²) in [6, 6.07) is 0. The monoisotopic (exact) mass is 193 g/mol. The minimum Gasteiger partial charge on any atom is -0.385 e. The van der Waals surface area contributed by atoms with Gasteiger partial charge in [-0.15, -0.1) is 0 Å². The summed E-state index contributed by atoms with van der Waals surface area (Å²) in [7, 11) is 0. The lowest BCUT2D eigenvalue weighted by Crippen LogP contribution is -2.46. The molecule has 2 atom stereocenters. The van der Waals surface area contributed by atoms with E-state index in [1.807, 2.05) is 6.92 Å². The number of hydrogen-bond donors (Lipinski definition) is 2. The molecule has 0 aromatic carbocycles. The van der Waals surface area contributed by atoms with Gasteiger partial charge in [0, 0.05) is 30.4 Å². The molecule has 14 heavy (non-hydrogen) atoms. The van der Waals surface area contributed by atoms with Crippen LogP contribution < -0.4 is 5.32 Å². The van der Waals surface area contributed by atoms with Gasteiger partial charge in [0.25, 0.3) is 0 Å². The van der Waals surface area contributed by atoms with Gasteiger partial charge in [0.1, 0.15) is 6.33 Å². The summed E-state index contributed by atoms with van der Waals surface area (Å²) in [5, 5.41) is 13.7. The fourth-order valence-electron chi connectivity index (χ4n) is 1.96. The van der Waals surface area contributed by atoms with Crippen molar-refractivity contribution >= 4 is 0 Å². The summed E-state index contributed by atoms with van der Waals surface area (Å²) in [6.45, 7) is 3.72. The Labute approximate surface area is 83.4 Å². The molecule has 1 aromatic rings. The highest BCUT2D eigenvalue weighted by atomic mass is 16.3. The molecule has 0 radical (unpaired) electrons. The molecule has 1 aromatic heterocycles. The number of rotatable bonds is 1. The van der Waals surface area contributed by atoms with Crippen LogP contribution in [0.1, 0.15) is 18.9 Å². The highest BCUT2D eigenvalue weighted by Gasteiger charge is 2.37. The van der Waals surface area contributed by atoms with E-state index in [1.54, 1.807) is 12.4 Å². The van der Waals surface area contributed by atoms with Crippen LogP contribution >= 0.6 is 0 Å². The third kappa shape index (κ3) is 1.51. The van der Waals surface area contributed by atoms with Crippen molar-refractivity contribution in [3.8, 4) is 0 Å². The maximum Gasteiger partial charge on any atom is 0.115 e. The molecule has 2 N–H and O–H groups in total. The molecule has 2 unspecified atom stereocenters. The summed E-state index contributed by atoms with van der Waals surface area (Å²) in [5.74, 6) is 0.197. The minimum atomic E-state index is -0.757. The van der Waals surface area contributed by atoms with Crippen molar-refractivity contribution in [3.63, 3.8) is 0 Å². The second kappa shape index (κ2) is 3.63. The zero-order valence-electron chi connectivity index (χ0n) is 8.27. The Morgan fingerprint density at radius 2 is 2.21 bits per heavy atom. The van der Waals surface area contributed by atoms with E-state index in [2.05, 4.69) is 15.3 Å². The molecule has 2 heterocycles. The SMILES string of the molecule is CC1CNCCC1(O)c1cncnc1. The maximum absolute atomic E-state index is 10.5. The summed E-state index contributed by atoms with van der Waals surface area (Å²) in [5.41, 5.74) is 0.0703. The van der Waals surface area contributed by atoms with E-state index in [-0.39, 0.29) is 5.92 Å². The molecule has 0 aliphatic carbocycles. The first-order valence-corrected chi connectivity index (χ1v) is 4.92. The molecule has 4 nitrogen and oxygen atoms in total. The van der Waals surface area contributed by atoms with Crippen LogP contribution in [0.25, 0.3) is 0 Å². The quantitative estimate of drug-likeness (QED) is 0.673.